The van der Waals surface area contributed by atoms with Crippen molar-refractivity contribution >= 4 is 5.91 Å². The van der Waals surface area contributed by atoms with Crippen LogP contribution < -0.4 is 5.32 Å². The summed E-state index contributed by atoms with van der Waals surface area (Å²) in [5, 5.41) is 12.8. The molecule has 1 aliphatic rings. The van der Waals surface area contributed by atoms with E-state index in [9.17, 15) is 23.1 Å². The maximum atomic E-state index is 12.9. The first-order valence-electron chi connectivity index (χ1n) is 9.30. The van der Waals surface area contributed by atoms with Crippen LogP contribution in [-0.4, -0.2) is 35.0 Å². The fraction of sp³-hybridized carbons (Fsp3) is 0.381. The first kappa shape index (κ1) is 20.2. The lowest BCUT2D eigenvalue weighted by atomic mass is 10.1. The molecule has 28 heavy (non-hydrogen) atoms. The molecule has 1 saturated heterocycles. The van der Waals surface area contributed by atoms with Gasteiger partial charge in [0, 0.05) is 30.3 Å². The van der Waals surface area contributed by atoms with Gasteiger partial charge in [-0.1, -0.05) is 30.7 Å². The fourth-order valence-electron chi connectivity index (χ4n) is 3.47. The molecule has 7 heteroatoms. The molecule has 1 aliphatic heterocycles. The van der Waals surface area contributed by atoms with Crippen LogP contribution in [0.2, 0.25) is 0 Å². The Hall–Kier alpha value is -2.54. The van der Waals surface area contributed by atoms with Crippen LogP contribution in [0.25, 0.3) is 0 Å². The molecule has 0 bridgehead atoms. The second-order valence-corrected chi connectivity index (χ2v) is 7.11. The zero-order chi connectivity index (χ0) is 20.1. The van der Waals surface area contributed by atoms with Crippen LogP contribution in [0.5, 0.6) is 5.75 Å². The van der Waals surface area contributed by atoms with E-state index in [1.54, 1.807) is 12.1 Å². The van der Waals surface area contributed by atoms with Gasteiger partial charge in [0.15, 0.2) is 0 Å². The molecule has 0 aromatic heterocycles. The smallest absolute Gasteiger partial charge is 0.416 e. The van der Waals surface area contributed by atoms with E-state index >= 15 is 0 Å². The Bertz CT molecular complexity index is 823. The monoisotopic (exact) mass is 392 g/mol. The molecule has 1 atom stereocenters. The number of para-hydroxylation sites is 1. The number of alkyl halides is 3. The molecule has 2 aromatic rings. The van der Waals surface area contributed by atoms with Gasteiger partial charge in [-0.2, -0.15) is 13.2 Å². The number of carbonyl (C=O) groups excluding carboxylic acids is 1. The molecule has 0 spiro atoms. The minimum absolute atomic E-state index is 0.00586. The minimum atomic E-state index is -4.48. The van der Waals surface area contributed by atoms with E-state index in [2.05, 4.69) is 10.2 Å². The molecule has 150 valence electrons. The van der Waals surface area contributed by atoms with Gasteiger partial charge in [0.1, 0.15) is 5.75 Å². The molecule has 1 amide bonds. The van der Waals surface area contributed by atoms with Crippen molar-refractivity contribution in [2.24, 2.45) is 0 Å². The maximum absolute atomic E-state index is 12.9. The SMILES string of the molecule is O=C(NC1CCCCN(Cc2ccccc2O)C1)c1cccc(C(F)(F)F)c1. The van der Waals surface area contributed by atoms with Gasteiger partial charge in [0.05, 0.1) is 5.56 Å². The second kappa shape index (κ2) is 8.65. The number of amides is 1. The summed E-state index contributed by atoms with van der Waals surface area (Å²) in [6, 6.07) is 11.4. The molecule has 0 radical (unpaired) electrons. The fourth-order valence-corrected chi connectivity index (χ4v) is 3.47. The van der Waals surface area contributed by atoms with Crippen molar-refractivity contribution in [3.8, 4) is 5.75 Å². The molecule has 0 saturated carbocycles. The van der Waals surface area contributed by atoms with Crippen LogP contribution in [0, 0.1) is 0 Å². The lowest BCUT2D eigenvalue weighted by Gasteiger charge is -2.25. The third kappa shape index (κ3) is 5.25. The Kier molecular flexibility index (Phi) is 6.24. The summed E-state index contributed by atoms with van der Waals surface area (Å²) >= 11 is 0. The molecule has 0 aliphatic carbocycles. The molecular formula is C21H23F3N2O2. The number of likely N-dealkylation sites (tertiary alicyclic amines) is 1. The summed E-state index contributed by atoms with van der Waals surface area (Å²) in [6.45, 7) is 1.98. The number of phenolic OH excluding ortho intramolecular Hbond substituents is 1. The highest BCUT2D eigenvalue weighted by Crippen LogP contribution is 2.29. The van der Waals surface area contributed by atoms with Crippen molar-refractivity contribution < 1.29 is 23.1 Å². The third-order valence-electron chi connectivity index (χ3n) is 4.93. The lowest BCUT2D eigenvalue weighted by molar-refractivity contribution is -0.137. The Labute approximate surface area is 162 Å². The van der Waals surface area contributed by atoms with Gasteiger partial charge in [0.2, 0.25) is 0 Å². The summed E-state index contributed by atoms with van der Waals surface area (Å²) in [6.07, 6.45) is -1.83. The Morgan fingerprint density at radius 3 is 2.68 bits per heavy atom. The topological polar surface area (TPSA) is 52.6 Å². The Morgan fingerprint density at radius 1 is 1.14 bits per heavy atom. The van der Waals surface area contributed by atoms with Gasteiger partial charge in [-0.05, 0) is 43.7 Å². The van der Waals surface area contributed by atoms with Crippen molar-refractivity contribution in [1.82, 2.24) is 10.2 Å². The Morgan fingerprint density at radius 2 is 1.93 bits per heavy atom. The van der Waals surface area contributed by atoms with Crippen molar-refractivity contribution in [1.29, 1.82) is 0 Å². The number of phenols is 1. The van der Waals surface area contributed by atoms with Gasteiger partial charge in [-0.3, -0.25) is 9.69 Å². The number of hydrogen-bond donors (Lipinski definition) is 2. The summed E-state index contributed by atoms with van der Waals surface area (Å²) < 4.78 is 38.6. The quantitative estimate of drug-likeness (QED) is 0.820. The van der Waals surface area contributed by atoms with Crippen molar-refractivity contribution in [3.05, 3.63) is 65.2 Å². The van der Waals surface area contributed by atoms with Gasteiger partial charge in [-0.25, -0.2) is 0 Å². The van der Waals surface area contributed by atoms with E-state index in [0.29, 0.717) is 13.1 Å². The summed E-state index contributed by atoms with van der Waals surface area (Å²) in [5.74, 6) is -0.267. The molecule has 4 nitrogen and oxygen atoms in total. The van der Waals surface area contributed by atoms with Gasteiger partial charge in [-0.15, -0.1) is 0 Å². The van der Waals surface area contributed by atoms with Crippen LogP contribution in [0.4, 0.5) is 13.2 Å². The molecule has 2 aromatic carbocycles. The van der Waals surface area contributed by atoms with E-state index in [-0.39, 0.29) is 17.4 Å². The van der Waals surface area contributed by atoms with Gasteiger partial charge >= 0.3 is 6.18 Å². The number of halogens is 3. The van der Waals surface area contributed by atoms with Crippen molar-refractivity contribution in [2.75, 3.05) is 13.1 Å². The normalized spacial score (nSPS) is 18.5. The molecular weight excluding hydrogens is 369 g/mol. The van der Waals surface area contributed by atoms with Crippen LogP contribution >= 0.6 is 0 Å². The molecule has 1 heterocycles. The van der Waals surface area contributed by atoms with E-state index in [1.807, 2.05) is 12.1 Å². The molecule has 1 unspecified atom stereocenters. The number of nitrogens with one attached hydrogen (secondary N) is 1. The van der Waals surface area contributed by atoms with Crippen LogP contribution in [0.15, 0.2) is 48.5 Å². The molecule has 3 rings (SSSR count). The van der Waals surface area contributed by atoms with Crippen molar-refractivity contribution in [3.63, 3.8) is 0 Å². The minimum Gasteiger partial charge on any atom is -0.508 e. The second-order valence-electron chi connectivity index (χ2n) is 7.11. The standard InChI is InChI=1S/C21H23F3N2O2/c22-21(23,24)17-8-5-7-15(12-17)20(28)25-18-9-3-4-11-26(14-18)13-16-6-1-2-10-19(16)27/h1-2,5-8,10,12,18,27H,3-4,9,11,13-14H2,(H,25,28). The average molecular weight is 392 g/mol. The van der Waals surface area contributed by atoms with Crippen LogP contribution in [0.3, 0.4) is 0 Å². The number of rotatable bonds is 4. The van der Waals surface area contributed by atoms with Gasteiger partial charge in [0.25, 0.3) is 5.91 Å². The molecule has 1 fully saturated rings. The first-order chi connectivity index (χ1) is 13.3. The summed E-state index contributed by atoms with van der Waals surface area (Å²) in [4.78, 5) is 14.6. The first-order valence-corrected chi connectivity index (χ1v) is 9.30. The average Bonchev–Trinajstić information content (AvgIpc) is 2.88. The number of carbonyl (C=O) groups is 1. The predicted octanol–water partition coefficient (Wildman–Crippen LogP) is 4.20. The highest BCUT2D eigenvalue weighted by molar-refractivity contribution is 5.94. The molecule has 2 N–H and O–H groups in total. The number of aromatic hydroxyl groups is 1. The van der Waals surface area contributed by atoms with E-state index in [4.69, 9.17) is 0 Å². The van der Waals surface area contributed by atoms with Gasteiger partial charge < -0.3 is 10.4 Å². The van der Waals surface area contributed by atoms with Crippen LogP contribution in [-0.2, 0) is 12.7 Å². The van der Waals surface area contributed by atoms with Crippen molar-refractivity contribution in [2.45, 2.75) is 38.0 Å². The van der Waals surface area contributed by atoms with E-state index < -0.39 is 17.6 Å². The third-order valence-corrected chi connectivity index (χ3v) is 4.93. The summed E-state index contributed by atoms with van der Waals surface area (Å²) in [7, 11) is 0. The number of nitrogens with zero attached hydrogens (tertiary/aromatic N) is 1. The van der Waals surface area contributed by atoms with E-state index in [0.717, 1.165) is 43.5 Å². The zero-order valence-corrected chi connectivity index (χ0v) is 15.4. The lowest BCUT2D eigenvalue weighted by Crippen LogP contribution is -2.42. The van der Waals surface area contributed by atoms with E-state index in [1.165, 1.54) is 12.1 Å². The highest BCUT2D eigenvalue weighted by Gasteiger charge is 2.31. The zero-order valence-electron chi connectivity index (χ0n) is 15.4. The number of hydrogen-bond acceptors (Lipinski definition) is 3. The predicted molar refractivity (Wildman–Crippen MR) is 99.9 cm³/mol. The highest BCUT2D eigenvalue weighted by atomic mass is 19.4. The Balaban J connectivity index is 1.66. The maximum Gasteiger partial charge on any atom is 0.416 e. The largest absolute Gasteiger partial charge is 0.508 e. The summed E-state index contributed by atoms with van der Waals surface area (Å²) in [5.41, 5.74) is -0.0131. The number of benzene rings is 2. The van der Waals surface area contributed by atoms with Crippen LogP contribution in [0.1, 0.15) is 40.7 Å².